The van der Waals surface area contributed by atoms with Gasteiger partial charge in [-0.3, -0.25) is 0 Å². The summed E-state index contributed by atoms with van der Waals surface area (Å²) in [5, 5.41) is 3.96. The van der Waals surface area contributed by atoms with Crippen molar-refractivity contribution in [1.82, 2.24) is 10.1 Å². The number of aromatic nitrogens is 2. The first-order valence-electron chi connectivity index (χ1n) is 5.93. The molecule has 1 heterocycles. The molecule has 4 heteroatoms. The van der Waals surface area contributed by atoms with Crippen molar-refractivity contribution in [2.24, 2.45) is 5.73 Å². The quantitative estimate of drug-likeness (QED) is 0.858. The molecule has 0 spiro atoms. The minimum atomic E-state index is 0.101. The molecule has 0 radical (unpaired) electrons. The van der Waals surface area contributed by atoms with E-state index in [1.807, 2.05) is 30.3 Å². The maximum absolute atomic E-state index is 5.94. The van der Waals surface area contributed by atoms with Crippen LogP contribution >= 0.6 is 0 Å². The Bertz CT molecular complexity index is 453. The summed E-state index contributed by atoms with van der Waals surface area (Å²) in [4.78, 5) is 4.34. The lowest BCUT2D eigenvalue weighted by Gasteiger charge is -2.05. The van der Waals surface area contributed by atoms with Gasteiger partial charge in [0.05, 0.1) is 0 Å². The molecule has 17 heavy (non-hydrogen) atoms. The van der Waals surface area contributed by atoms with Gasteiger partial charge in [0.2, 0.25) is 11.7 Å². The molecule has 1 atom stereocenters. The summed E-state index contributed by atoms with van der Waals surface area (Å²) in [7, 11) is 0. The molecule has 1 aromatic carbocycles. The predicted molar refractivity (Wildman–Crippen MR) is 66.3 cm³/mol. The average Bonchev–Trinajstić information content (AvgIpc) is 2.79. The van der Waals surface area contributed by atoms with Crippen molar-refractivity contribution < 1.29 is 4.52 Å². The van der Waals surface area contributed by atoms with Crippen molar-refractivity contribution in [2.45, 2.75) is 32.2 Å². The van der Waals surface area contributed by atoms with Gasteiger partial charge in [-0.25, -0.2) is 0 Å². The summed E-state index contributed by atoms with van der Waals surface area (Å²) in [5.41, 5.74) is 6.90. The van der Waals surface area contributed by atoms with Crippen LogP contribution in [0, 0.1) is 0 Å². The van der Waals surface area contributed by atoms with E-state index in [1.54, 1.807) is 0 Å². The monoisotopic (exact) mass is 231 g/mol. The third kappa shape index (κ3) is 3.14. The molecular weight excluding hydrogens is 214 g/mol. The molecule has 0 bridgehead atoms. The summed E-state index contributed by atoms with van der Waals surface area (Å²) >= 11 is 0. The predicted octanol–water partition coefficient (Wildman–Crippen LogP) is 2.41. The van der Waals surface area contributed by atoms with Crippen LogP contribution < -0.4 is 5.73 Å². The average molecular weight is 231 g/mol. The van der Waals surface area contributed by atoms with Crippen molar-refractivity contribution >= 4 is 0 Å². The Morgan fingerprint density at radius 1 is 1.29 bits per heavy atom. The molecule has 2 rings (SSSR count). The zero-order valence-corrected chi connectivity index (χ0v) is 9.97. The molecule has 0 saturated carbocycles. The summed E-state index contributed by atoms with van der Waals surface area (Å²) in [6.07, 6.45) is 2.69. The van der Waals surface area contributed by atoms with Gasteiger partial charge in [-0.15, -0.1) is 0 Å². The van der Waals surface area contributed by atoms with Crippen LogP contribution in [0.15, 0.2) is 34.9 Å². The van der Waals surface area contributed by atoms with Crippen molar-refractivity contribution in [3.05, 3.63) is 36.2 Å². The van der Waals surface area contributed by atoms with Gasteiger partial charge in [0.15, 0.2) is 0 Å². The fourth-order valence-electron chi connectivity index (χ4n) is 1.74. The standard InChI is InChI=1S/C13H17N3O/c1-2-6-11(14)9-12-15-13(16-17-12)10-7-4-3-5-8-10/h3-5,7-8,11H,2,6,9,14H2,1H3. The maximum atomic E-state index is 5.94. The largest absolute Gasteiger partial charge is 0.339 e. The molecule has 1 unspecified atom stereocenters. The summed E-state index contributed by atoms with van der Waals surface area (Å²) in [5.74, 6) is 1.24. The molecule has 0 aliphatic rings. The zero-order chi connectivity index (χ0) is 12.1. The normalized spacial score (nSPS) is 12.6. The minimum absolute atomic E-state index is 0.101. The van der Waals surface area contributed by atoms with Gasteiger partial charge >= 0.3 is 0 Å². The molecule has 0 saturated heterocycles. The Labute approximate surface area is 101 Å². The third-order valence-electron chi connectivity index (χ3n) is 2.60. The van der Waals surface area contributed by atoms with Gasteiger partial charge < -0.3 is 10.3 Å². The summed E-state index contributed by atoms with van der Waals surface area (Å²) < 4.78 is 5.19. The number of benzene rings is 1. The highest BCUT2D eigenvalue weighted by molar-refractivity contribution is 5.53. The second-order valence-corrected chi connectivity index (χ2v) is 4.13. The van der Waals surface area contributed by atoms with Crippen LogP contribution in [0.3, 0.4) is 0 Å². The molecule has 4 nitrogen and oxygen atoms in total. The Morgan fingerprint density at radius 2 is 2.06 bits per heavy atom. The molecule has 0 aliphatic carbocycles. The van der Waals surface area contributed by atoms with Crippen LogP contribution in [-0.2, 0) is 6.42 Å². The Kier molecular flexibility index (Phi) is 3.88. The van der Waals surface area contributed by atoms with Gasteiger partial charge in [0.25, 0.3) is 0 Å². The Hall–Kier alpha value is -1.68. The molecule has 2 N–H and O–H groups in total. The van der Waals surface area contributed by atoms with Crippen LogP contribution in [0.5, 0.6) is 0 Å². The van der Waals surface area contributed by atoms with Crippen molar-refractivity contribution in [3.63, 3.8) is 0 Å². The summed E-state index contributed by atoms with van der Waals surface area (Å²) in [6.45, 7) is 2.11. The van der Waals surface area contributed by atoms with E-state index >= 15 is 0 Å². The topological polar surface area (TPSA) is 64.9 Å². The molecular formula is C13H17N3O. The van der Waals surface area contributed by atoms with Gasteiger partial charge in [-0.1, -0.05) is 48.8 Å². The van der Waals surface area contributed by atoms with Crippen LogP contribution in [-0.4, -0.2) is 16.2 Å². The van der Waals surface area contributed by atoms with E-state index in [1.165, 1.54) is 0 Å². The Balaban J connectivity index is 2.06. The molecule has 90 valence electrons. The molecule has 1 aromatic heterocycles. The number of nitrogens with two attached hydrogens (primary N) is 1. The minimum Gasteiger partial charge on any atom is -0.339 e. The third-order valence-corrected chi connectivity index (χ3v) is 2.60. The first-order chi connectivity index (χ1) is 8.29. The van der Waals surface area contributed by atoms with E-state index in [0.29, 0.717) is 18.1 Å². The van der Waals surface area contributed by atoms with Gasteiger partial charge in [0.1, 0.15) is 0 Å². The first kappa shape index (κ1) is 11.8. The van der Waals surface area contributed by atoms with E-state index in [-0.39, 0.29) is 6.04 Å². The number of rotatable bonds is 5. The van der Waals surface area contributed by atoms with Crippen LogP contribution in [0.1, 0.15) is 25.7 Å². The van der Waals surface area contributed by atoms with E-state index in [9.17, 15) is 0 Å². The zero-order valence-electron chi connectivity index (χ0n) is 9.97. The van der Waals surface area contributed by atoms with Crippen LogP contribution in [0.2, 0.25) is 0 Å². The van der Waals surface area contributed by atoms with Gasteiger partial charge in [-0.05, 0) is 6.42 Å². The highest BCUT2D eigenvalue weighted by Gasteiger charge is 2.11. The van der Waals surface area contributed by atoms with Gasteiger partial charge in [0, 0.05) is 18.0 Å². The molecule has 0 fully saturated rings. The lowest BCUT2D eigenvalue weighted by Crippen LogP contribution is -2.22. The molecule has 0 aliphatic heterocycles. The second-order valence-electron chi connectivity index (χ2n) is 4.13. The Morgan fingerprint density at radius 3 is 2.76 bits per heavy atom. The lowest BCUT2D eigenvalue weighted by atomic mass is 10.1. The maximum Gasteiger partial charge on any atom is 0.228 e. The van der Waals surface area contributed by atoms with Gasteiger partial charge in [-0.2, -0.15) is 4.98 Å². The molecule has 0 amide bonds. The first-order valence-corrected chi connectivity index (χ1v) is 5.93. The lowest BCUT2D eigenvalue weighted by molar-refractivity contribution is 0.366. The van der Waals surface area contributed by atoms with E-state index in [4.69, 9.17) is 10.3 Å². The van der Waals surface area contributed by atoms with E-state index in [0.717, 1.165) is 18.4 Å². The number of hydrogen-bond acceptors (Lipinski definition) is 4. The fourth-order valence-corrected chi connectivity index (χ4v) is 1.74. The number of nitrogens with zero attached hydrogens (tertiary/aromatic N) is 2. The smallest absolute Gasteiger partial charge is 0.228 e. The van der Waals surface area contributed by atoms with E-state index < -0.39 is 0 Å². The number of hydrogen-bond donors (Lipinski definition) is 1. The highest BCUT2D eigenvalue weighted by Crippen LogP contribution is 2.15. The van der Waals surface area contributed by atoms with E-state index in [2.05, 4.69) is 17.1 Å². The fraction of sp³-hybridized carbons (Fsp3) is 0.385. The summed E-state index contributed by atoms with van der Waals surface area (Å²) in [6, 6.07) is 9.88. The van der Waals surface area contributed by atoms with Crippen molar-refractivity contribution in [3.8, 4) is 11.4 Å². The van der Waals surface area contributed by atoms with Crippen molar-refractivity contribution in [2.75, 3.05) is 0 Å². The van der Waals surface area contributed by atoms with Crippen LogP contribution in [0.25, 0.3) is 11.4 Å². The van der Waals surface area contributed by atoms with Crippen molar-refractivity contribution in [1.29, 1.82) is 0 Å². The highest BCUT2D eigenvalue weighted by atomic mass is 16.5. The SMILES string of the molecule is CCCC(N)Cc1nc(-c2ccccc2)no1. The second kappa shape index (κ2) is 5.59. The van der Waals surface area contributed by atoms with Crippen LogP contribution in [0.4, 0.5) is 0 Å². The molecule has 2 aromatic rings.